The lowest BCUT2D eigenvalue weighted by Gasteiger charge is -2.24. The van der Waals surface area contributed by atoms with Gasteiger partial charge in [-0.15, -0.1) is 5.10 Å². The van der Waals surface area contributed by atoms with Crippen LogP contribution in [-0.4, -0.2) is 49.3 Å². The minimum Gasteiger partial charge on any atom is -0.467 e. The van der Waals surface area contributed by atoms with Gasteiger partial charge in [0.05, 0.1) is 18.9 Å². The van der Waals surface area contributed by atoms with Crippen molar-refractivity contribution in [3.63, 3.8) is 0 Å². The number of nitrogens with zero attached hydrogens (tertiary/aromatic N) is 5. The van der Waals surface area contributed by atoms with Crippen molar-refractivity contribution in [3.8, 4) is 0 Å². The highest BCUT2D eigenvalue weighted by Gasteiger charge is 2.22. The molecule has 1 atom stereocenters. The van der Waals surface area contributed by atoms with Gasteiger partial charge in [0, 0.05) is 30.8 Å². The van der Waals surface area contributed by atoms with Gasteiger partial charge in [-0.05, 0) is 65.4 Å². The highest BCUT2D eigenvalue weighted by atomic mass is 16.5. The molecule has 0 radical (unpaired) electrons. The van der Waals surface area contributed by atoms with Gasteiger partial charge >= 0.3 is 0 Å². The largest absolute Gasteiger partial charge is 0.467 e. The van der Waals surface area contributed by atoms with Gasteiger partial charge in [0.25, 0.3) is 5.56 Å². The number of tetrazole rings is 1. The molecule has 1 N–H and O–H groups in total. The van der Waals surface area contributed by atoms with Crippen molar-refractivity contribution in [1.82, 2.24) is 30.1 Å². The zero-order valence-corrected chi connectivity index (χ0v) is 18.0. The third-order valence-corrected chi connectivity index (χ3v) is 5.81. The first kappa shape index (κ1) is 20.6. The molecule has 9 heteroatoms. The van der Waals surface area contributed by atoms with Gasteiger partial charge in [-0.1, -0.05) is 12.1 Å². The van der Waals surface area contributed by atoms with E-state index < -0.39 is 0 Å². The Morgan fingerprint density at radius 2 is 2.19 bits per heavy atom. The van der Waals surface area contributed by atoms with Gasteiger partial charge in [0.15, 0.2) is 5.82 Å². The first-order valence-corrected chi connectivity index (χ1v) is 10.9. The maximum absolute atomic E-state index is 12.8. The third-order valence-electron chi connectivity index (χ3n) is 5.81. The molecule has 166 valence electrons. The van der Waals surface area contributed by atoms with Gasteiger partial charge in [0.1, 0.15) is 12.3 Å². The number of aromatic nitrogens is 5. The minimum atomic E-state index is -0.0735. The molecule has 3 aromatic heterocycles. The molecule has 0 aliphatic carbocycles. The molecular formula is C23H26N6O3. The number of hydrogen-bond acceptors (Lipinski definition) is 7. The van der Waals surface area contributed by atoms with Crippen molar-refractivity contribution in [3.05, 3.63) is 75.7 Å². The second kappa shape index (κ2) is 9.05. The number of H-pyrrole nitrogens is 1. The molecule has 4 aromatic rings. The van der Waals surface area contributed by atoms with Crippen LogP contribution in [0.1, 0.15) is 35.6 Å². The molecule has 1 aliphatic rings. The van der Waals surface area contributed by atoms with E-state index in [0.717, 1.165) is 41.7 Å². The van der Waals surface area contributed by atoms with Crippen LogP contribution in [-0.2, 0) is 24.4 Å². The molecular weight excluding hydrogens is 408 g/mol. The normalized spacial score (nSPS) is 16.4. The number of aromatic amines is 1. The summed E-state index contributed by atoms with van der Waals surface area (Å²) in [7, 11) is 0. The summed E-state index contributed by atoms with van der Waals surface area (Å²) in [5, 5.41) is 13.2. The molecule has 0 spiro atoms. The predicted molar refractivity (Wildman–Crippen MR) is 118 cm³/mol. The molecule has 0 unspecified atom stereocenters. The van der Waals surface area contributed by atoms with Gasteiger partial charge in [0.2, 0.25) is 0 Å². The Bertz CT molecular complexity index is 1240. The van der Waals surface area contributed by atoms with E-state index in [0.29, 0.717) is 37.6 Å². The van der Waals surface area contributed by atoms with Crippen LogP contribution < -0.4 is 5.56 Å². The predicted octanol–water partition coefficient (Wildman–Crippen LogP) is 2.65. The molecule has 0 amide bonds. The van der Waals surface area contributed by atoms with Crippen LogP contribution >= 0.6 is 0 Å². The molecule has 1 aromatic carbocycles. The van der Waals surface area contributed by atoms with Gasteiger partial charge in [-0.3, -0.25) is 9.69 Å². The average molecular weight is 435 g/mol. The van der Waals surface area contributed by atoms with E-state index in [1.807, 2.05) is 37.3 Å². The number of pyridine rings is 1. The Balaban J connectivity index is 1.40. The summed E-state index contributed by atoms with van der Waals surface area (Å²) in [5.41, 5.74) is 2.61. The van der Waals surface area contributed by atoms with Gasteiger partial charge < -0.3 is 14.1 Å². The second-order valence-electron chi connectivity index (χ2n) is 8.35. The molecule has 32 heavy (non-hydrogen) atoms. The van der Waals surface area contributed by atoms with Crippen LogP contribution in [0.5, 0.6) is 0 Å². The Hall–Kier alpha value is -3.30. The Labute approximate surface area is 185 Å². The van der Waals surface area contributed by atoms with Crippen molar-refractivity contribution in [2.45, 2.75) is 45.5 Å². The molecule has 0 bridgehead atoms. The van der Waals surface area contributed by atoms with Crippen LogP contribution in [0, 0.1) is 6.92 Å². The van der Waals surface area contributed by atoms with Crippen molar-refractivity contribution >= 4 is 10.9 Å². The highest BCUT2D eigenvalue weighted by Crippen LogP contribution is 2.18. The summed E-state index contributed by atoms with van der Waals surface area (Å²) in [6.07, 6.45) is 3.86. The monoisotopic (exact) mass is 434 g/mol. The van der Waals surface area contributed by atoms with E-state index in [2.05, 4.69) is 31.5 Å². The van der Waals surface area contributed by atoms with Crippen molar-refractivity contribution < 1.29 is 9.15 Å². The van der Waals surface area contributed by atoms with Crippen molar-refractivity contribution in [2.75, 3.05) is 13.2 Å². The van der Waals surface area contributed by atoms with Crippen molar-refractivity contribution in [2.24, 2.45) is 0 Å². The van der Waals surface area contributed by atoms with Crippen LogP contribution in [0.25, 0.3) is 10.9 Å². The number of fused-ring (bicyclic) bond motifs is 1. The van der Waals surface area contributed by atoms with Crippen LogP contribution in [0.4, 0.5) is 0 Å². The SMILES string of the molecule is Cc1ccc2cc(CN(Cc3nnnn3Cc3ccco3)C[C@H]3CCCO3)c(=O)[nH]c2c1. The van der Waals surface area contributed by atoms with E-state index in [1.165, 1.54) is 0 Å². The fraction of sp³-hybridized carbons (Fsp3) is 0.391. The third kappa shape index (κ3) is 4.63. The van der Waals surface area contributed by atoms with E-state index in [9.17, 15) is 4.79 Å². The number of ether oxygens (including phenoxy) is 1. The summed E-state index contributed by atoms with van der Waals surface area (Å²) in [6.45, 7) is 4.94. The standard InChI is InChI=1S/C23H26N6O3/c1-16-6-7-17-11-18(23(30)24-21(17)10-16)12-28(13-19-4-2-8-31-19)15-22-25-26-27-29(22)14-20-5-3-9-32-20/h3,5-7,9-11,19H,2,4,8,12-15H2,1H3,(H,24,30)/t19-/m1/s1. The fourth-order valence-electron chi connectivity index (χ4n) is 4.19. The van der Waals surface area contributed by atoms with E-state index in [1.54, 1.807) is 10.9 Å². The average Bonchev–Trinajstić information content (AvgIpc) is 3.54. The van der Waals surface area contributed by atoms with Crippen LogP contribution in [0.15, 0.2) is 51.9 Å². The van der Waals surface area contributed by atoms with Crippen molar-refractivity contribution in [1.29, 1.82) is 0 Å². The quantitative estimate of drug-likeness (QED) is 0.455. The molecule has 0 saturated carbocycles. The maximum atomic E-state index is 12.8. The lowest BCUT2D eigenvalue weighted by molar-refractivity contribution is 0.0663. The lowest BCUT2D eigenvalue weighted by atomic mass is 10.1. The first-order valence-electron chi connectivity index (χ1n) is 10.9. The smallest absolute Gasteiger partial charge is 0.252 e. The summed E-state index contributed by atoms with van der Waals surface area (Å²) in [5.74, 6) is 1.50. The number of hydrogen-bond donors (Lipinski definition) is 1. The molecule has 1 aliphatic heterocycles. The number of furan rings is 1. The zero-order valence-electron chi connectivity index (χ0n) is 18.0. The van der Waals surface area contributed by atoms with Crippen LogP contribution in [0.2, 0.25) is 0 Å². The number of rotatable bonds is 8. The maximum Gasteiger partial charge on any atom is 0.252 e. The summed E-state index contributed by atoms with van der Waals surface area (Å²) >= 11 is 0. The van der Waals surface area contributed by atoms with E-state index in [4.69, 9.17) is 9.15 Å². The summed E-state index contributed by atoms with van der Waals surface area (Å²) < 4.78 is 13.0. The molecule has 9 nitrogen and oxygen atoms in total. The summed E-state index contributed by atoms with van der Waals surface area (Å²) in [6, 6.07) is 11.8. The Morgan fingerprint density at radius 1 is 1.25 bits per heavy atom. The van der Waals surface area contributed by atoms with E-state index >= 15 is 0 Å². The van der Waals surface area contributed by atoms with Gasteiger partial charge in [-0.2, -0.15) is 0 Å². The minimum absolute atomic E-state index is 0.0735. The lowest BCUT2D eigenvalue weighted by Crippen LogP contribution is -2.34. The van der Waals surface area contributed by atoms with Gasteiger partial charge in [-0.25, -0.2) is 4.68 Å². The van der Waals surface area contributed by atoms with E-state index in [-0.39, 0.29) is 11.7 Å². The fourth-order valence-corrected chi connectivity index (χ4v) is 4.19. The number of benzene rings is 1. The zero-order chi connectivity index (χ0) is 21.9. The topological polar surface area (TPSA) is 102 Å². The Kier molecular flexibility index (Phi) is 5.83. The summed E-state index contributed by atoms with van der Waals surface area (Å²) in [4.78, 5) is 18.0. The number of nitrogens with one attached hydrogen (secondary N) is 1. The number of aryl methyl sites for hydroxylation is 1. The first-order chi connectivity index (χ1) is 15.6. The highest BCUT2D eigenvalue weighted by molar-refractivity contribution is 5.79. The molecule has 5 rings (SSSR count). The second-order valence-corrected chi connectivity index (χ2v) is 8.35. The Morgan fingerprint density at radius 3 is 3.00 bits per heavy atom. The van der Waals surface area contributed by atoms with Crippen LogP contribution in [0.3, 0.4) is 0 Å². The molecule has 4 heterocycles. The molecule has 1 saturated heterocycles. The molecule has 1 fully saturated rings.